The summed E-state index contributed by atoms with van der Waals surface area (Å²) in [5, 5.41) is 0. The Morgan fingerprint density at radius 1 is 1.55 bits per heavy atom. The Kier molecular flexibility index (Phi) is 3.35. The smallest absolute Gasteiger partial charge is 0.380 e. The quantitative estimate of drug-likeness (QED) is 0.494. The number of amidine groups is 1. The molecule has 0 bridgehead atoms. The zero-order chi connectivity index (χ0) is 9.07. The molecule has 0 aromatic carbocycles. The van der Waals surface area contributed by atoms with Crippen molar-refractivity contribution in [1.82, 2.24) is 0 Å². The van der Waals surface area contributed by atoms with Crippen LogP contribution in [0.3, 0.4) is 0 Å². The Morgan fingerprint density at radius 2 is 2.00 bits per heavy atom. The van der Waals surface area contributed by atoms with E-state index in [0.29, 0.717) is 6.42 Å². The second kappa shape index (κ2) is 3.59. The second-order valence-corrected chi connectivity index (χ2v) is 2.27. The minimum absolute atomic E-state index is 0.364. The van der Waals surface area contributed by atoms with Gasteiger partial charge in [0.25, 0.3) is 0 Å². The van der Waals surface area contributed by atoms with E-state index in [-0.39, 0.29) is 6.04 Å². The molecule has 0 saturated carbocycles. The molecule has 0 aliphatic carbocycles. The Hall–Kier alpha value is -0.740. The molecule has 0 amide bonds. The van der Waals surface area contributed by atoms with E-state index in [1.54, 1.807) is 13.8 Å². The van der Waals surface area contributed by atoms with Gasteiger partial charge in [-0.15, -0.1) is 0 Å². The molecule has 5 heteroatoms. The van der Waals surface area contributed by atoms with Gasteiger partial charge in [-0.1, -0.05) is 6.92 Å². The van der Waals surface area contributed by atoms with Crippen LogP contribution in [0.5, 0.6) is 0 Å². The highest BCUT2D eigenvalue weighted by Crippen LogP contribution is 2.15. The average Bonchev–Trinajstić information content (AvgIpc) is 1.85. The average molecular weight is 168 g/mol. The molecule has 0 radical (unpaired) electrons. The normalized spacial score (nSPS) is 16.6. The molecule has 2 N–H and O–H groups in total. The Labute approximate surface area is 63.3 Å². The molecule has 0 aromatic rings. The van der Waals surface area contributed by atoms with Gasteiger partial charge in [0.05, 0.1) is 0 Å². The number of aliphatic imine (C=N–C) groups is 1. The number of halogens is 3. The van der Waals surface area contributed by atoms with E-state index in [9.17, 15) is 13.2 Å². The van der Waals surface area contributed by atoms with Gasteiger partial charge < -0.3 is 5.73 Å². The molecule has 66 valence electrons. The first-order chi connectivity index (χ1) is 4.88. The van der Waals surface area contributed by atoms with Crippen LogP contribution in [0.2, 0.25) is 0 Å². The van der Waals surface area contributed by atoms with Crippen LogP contribution >= 0.6 is 0 Å². The topological polar surface area (TPSA) is 38.4 Å². The van der Waals surface area contributed by atoms with Crippen molar-refractivity contribution in [3.8, 4) is 0 Å². The predicted octanol–water partition coefficient (Wildman–Crippen LogP) is 1.70. The molecule has 0 aliphatic heterocycles. The van der Waals surface area contributed by atoms with Crippen LogP contribution < -0.4 is 5.73 Å². The molecule has 0 rings (SSSR count). The number of nitrogens with two attached hydrogens (primary N) is 1. The van der Waals surface area contributed by atoms with E-state index in [0.717, 1.165) is 0 Å². The zero-order valence-corrected chi connectivity index (χ0v) is 6.44. The summed E-state index contributed by atoms with van der Waals surface area (Å²) in [5.41, 5.74) is 4.65. The van der Waals surface area contributed by atoms with Crippen molar-refractivity contribution < 1.29 is 13.2 Å². The predicted molar refractivity (Wildman–Crippen MR) is 37.4 cm³/mol. The van der Waals surface area contributed by atoms with Crippen molar-refractivity contribution in [2.24, 2.45) is 10.7 Å². The molecule has 11 heavy (non-hydrogen) atoms. The summed E-state index contributed by atoms with van der Waals surface area (Å²) < 4.78 is 35.1. The lowest BCUT2D eigenvalue weighted by molar-refractivity contribution is -0.0602. The van der Waals surface area contributed by atoms with E-state index in [2.05, 4.69) is 10.7 Å². The maximum atomic E-state index is 11.7. The standard InChI is InChI=1S/C6H11F3N2/c1-3-4(2)11-5(10)6(7,8)9/h4H,3H2,1-2H3,(H2,10,11). The molecule has 0 aromatic heterocycles. The Bertz CT molecular complexity index is 150. The van der Waals surface area contributed by atoms with Gasteiger partial charge in [-0.25, -0.2) is 0 Å². The first-order valence-corrected chi connectivity index (χ1v) is 3.28. The highest BCUT2D eigenvalue weighted by atomic mass is 19.4. The fourth-order valence-electron chi connectivity index (χ4n) is 0.402. The van der Waals surface area contributed by atoms with Gasteiger partial charge in [-0.2, -0.15) is 13.2 Å². The SMILES string of the molecule is CCC(C)N=C(N)C(F)(F)F. The van der Waals surface area contributed by atoms with E-state index < -0.39 is 12.0 Å². The lowest BCUT2D eigenvalue weighted by Gasteiger charge is -2.07. The number of rotatable bonds is 2. The molecule has 0 spiro atoms. The molecule has 1 unspecified atom stereocenters. The largest absolute Gasteiger partial charge is 0.448 e. The zero-order valence-electron chi connectivity index (χ0n) is 6.44. The highest BCUT2D eigenvalue weighted by Gasteiger charge is 2.33. The van der Waals surface area contributed by atoms with Crippen molar-refractivity contribution in [3.05, 3.63) is 0 Å². The summed E-state index contributed by atoms with van der Waals surface area (Å²) >= 11 is 0. The fourth-order valence-corrected chi connectivity index (χ4v) is 0.402. The maximum absolute atomic E-state index is 11.7. The van der Waals surface area contributed by atoms with E-state index in [1.807, 2.05) is 0 Å². The number of hydrogen-bond acceptors (Lipinski definition) is 1. The Balaban J connectivity index is 4.22. The van der Waals surface area contributed by atoms with Gasteiger partial charge in [-0.05, 0) is 13.3 Å². The second-order valence-electron chi connectivity index (χ2n) is 2.27. The van der Waals surface area contributed by atoms with Gasteiger partial charge in [0.1, 0.15) is 0 Å². The van der Waals surface area contributed by atoms with E-state index >= 15 is 0 Å². The molecule has 0 saturated heterocycles. The van der Waals surface area contributed by atoms with Gasteiger partial charge >= 0.3 is 6.18 Å². The van der Waals surface area contributed by atoms with Gasteiger partial charge in [0.15, 0.2) is 0 Å². The third-order valence-electron chi connectivity index (χ3n) is 1.24. The molecule has 2 nitrogen and oxygen atoms in total. The number of alkyl halides is 3. The molecule has 0 fully saturated rings. The fraction of sp³-hybridized carbons (Fsp3) is 0.833. The van der Waals surface area contributed by atoms with Crippen LogP contribution in [-0.2, 0) is 0 Å². The highest BCUT2D eigenvalue weighted by molar-refractivity contribution is 5.85. The Morgan fingerprint density at radius 3 is 2.27 bits per heavy atom. The van der Waals surface area contributed by atoms with Gasteiger partial charge in [-0.3, -0.25) is 4.99 Å². The van der Waals surface area contributed by atoms with Crippen LogP contribution in [0.1, 0.15) is 20.3 Å². The van der Waals surface area contributed by atoms with Crippen molar-refractivity contribution in [2.75, 3.05) is 0 Å². The molecule has 1 atom stereocenters. The first-order valence-electron chi connectivity index (χ1n) is 3.28. The van der Waals surface area contributed by atoms with Crippen molar-refractivity contribution in [1.29, 1.82) is 0 Å². The van der Waals surface area contributed by atoms with Crippen LogP contribution in [0, 0.1) is 0 Å². The lowest BCUT2D eigenvalue weighted by Crippen LogP contribution is -2.32. The summed E-state index contributed by atoms with van der Waals surface area (Å²) in [6, 6.07) is -0.364. The summed E-state index contributed by atoms with van der Waals surface area (Å²) in [6.07, 6.45) is -3.93. The van der Waals surface area contributed by atoms with Crippen LogP contribution in [-0.4, -0.2) is 18.1 Å². The summed E-state index contributed by atoms with van der Waals surface area (Å²) in [6.45, 7) is 3.33. The third-order valence-corrected chi connectivity index (χ3v) is 1.24. The van der Waals surface area contributed by atoms with E-state index in [4.69, 9.17) is 0 Å². The van der Waals surface area contributed by atoms with Crippen molar-refractivity contribution in [2.45, 2.75) is 32.5 Å². The van der Waals surface area contributed by atoms with E-state index in [1.165, 1.54) is 0 Å². The van der Waals surface area contributed by atoms with Crippen molar-refractivity contribution in [3.63, 3.8) is 0 Å². The van der Waals surface area contributed by atoms with Crippen LogP contribution in [0.15, 0.2) is 4.99 Å². The maximum Gasteiger partial charge on any atom is 0.448 e. The minimum atomic E-state index is -4.48. The molecular formula is C6H11F3N2. The minimum Gasteiger partial charge on any atom is -0.380 e. The van der Waals surface area contributed by atoms with Crippen molar-refractivity contribution >= 4 is 5.84 Å². The van der Waals surface area contributed by atoms with Gasteiger partial charge in [0.2, 0.25) is 5.84 Å². The van der Waals surface area contributed by atoms with Crippen LogP contribution in [0.25, 0.3) is 0 Å². The van der Waals surface area contributed by atoms with Crippen LogP contribution in [0.4, 0.5) is 13.2 Å². The molecule has 0 heterocycles. The molecule has 0 aliphatic rings. The third kappa shape index (κ3) is 3.85. The monoisotopic (exact) mass is 168 g/mol. The molecular weight excluding hydrogens is 157 g/mol. The number of hydrogen-bond donors (Lipinski definition) is 1. The first kappa shape index (κ1) is 10.3. The lowest BCUT2D eigenvalue weighted by atomic mass is 10.3. The summed E-state index contributed by atoms with van der Waals surface area (Å²) in [7, 11) is 0. The van der Waals surface area contributed by atoms with Gasteiger partial charge in [0, 0.05) is 6.04 Å². The summed E-state index contributed by atoms with van der Waals surface area (Å²) in [5.74, 6) is -1.24. The summed E-state index contributed by atoms with van der Waals surface area (Å²) in [4.78, 5) is 3.24. The number of nitrogens with zero attached hydrogens (tertiary/aromatic N) is 1.